The summed E-state index contributed by atoms with van der Waals surface area (Å²) in [6.45, 7) is 0.229. The molecule has 0 atom stereocenters. The summed E-state index contributed by atoms with van der Waals surface area (Å²) in [7, 11) is 2.95. The minimum absolute atomic E-state index is 0.0440. The Labute approximate surface area is 180 Å². The van der Waals surface area contributed by atoms with Gasteiger partial charge in [-0.15, -0.1) is 0 Å². The molecule has 0 radical (unpaired) electrons. The van der Waals surface area contributed by atoms with E-state index in [1.165, 1.54) is 37.2 Å². The monoisotopic (exact) mass is 450 g/mol. The Morgan fingerprint density at radius 1 is 1.12 bits per heavy atom. The lowest BCUT2D eigenvalue weighted by atomic mass is 10.2. The summed E-state index contributed by atoms with van der Waals surface area (Å²) in [5.74, 6) is 0.418. The van der Waals surface area contributed by atoms with Crippen LogP contribution in [0.2, 0.25) is 0 Å². The fourth-order valence-electron chi connectivity index (χ4n) is 3.03. The fourth-order valence-corrected chi connectivity index (χ4v) is 3.03. The normalized spacial score (nSPS) is 11.3. The molecule has 8 nitrogen and oxygen atoms in total. The van der Waals surface area contributed by atoms with Gasteiger partial charge in [-0.05, 0) is 30.7 Å². The molecule has 1 amide bonds. The van der Waals surface area contributed by atoms with Gasteiger partial charge in [0.25, 0.3) is 5.56 Å². The second-order valence-corrected chi connectivity index (χ2v) is 6.82. The number of hydrogen-bond acceptors (Lipinski definition) is 6. The van der Waals surface area contributed by atoms with Gasteiger partial charge in [-0.2, -0.15) is 13.2 Å². The number of anilines is 1. The van der Waals surface area contributed by atoms with Crippen LogP contribution in [0.1, 0.15) is 18.4 Å². The quantitative estimate of drug-likeness (QED) is 0.511. The van der Waals surface area contributed by atoms with Crippen LogP contribution in [0, 0.1) is 0 Å². The largest absolute Gasteiger partial charge is 0.493 e. The van der Waals surface area contributed by atoms with E-state index < -0.39 is 17.6 Å². The number of rotatable bonds is 8. The Morgan fingerprint density at radius 2 is 1.84 bits per heavy atom. The Bertz CT molecular complexity index is 1180. The zero-order valence-corrected chi connectivity index (χ0v) is 17.3. The van der Waals surface area contributed by atoms with Gasteiger partial charge in [0, 0.05) is 19.0 Å². The van der Waals surface area contributed by atoms with E-state index in [4.69, 9.17) is 9.47 Å². The molecule has 1 aromatic heterocycles. The number of amides is 1. The minimum Gasteiger partial charge on any atom is -0.493 e. The van der Waals surface area contributed by atoms with Crippen molar-refractivity contribution in [3.05, 3.63) is 58.6 Å². The molecule has 0 bridgehead atoms. The lowest BCUT2D eigenvalue weighted by Crippen LogP contribution is -2.30. The average molecular weight is 450 g/mol. The number of halogens is 3. The van der Waals surface area contributed by atoms with Crippen LogP contribution < -0.4 is 25.9 Å². The van der Waals surface area contributed by atoms with Gasteiger partial charge in [-0.3, -0.25) is 25.0 Å². The predicted octanol–water partition coefficient (Wildman–Crippen LogP) is 3.36. The van der Waals surface area contributed by atoms with Gasteiger partial charge in [-0.1, -0.05) is 6.07 Å². The van der Waals surface area contributed by atoms with Crippen LogP contribution in [0.3, 0.4) is 0 Å². The van der Waals surface area contributed by atoms with Gasteiger partial charge >= 0.3 is 6.18 Å². The molecule has 0 spiro atoms. The molecule has 0 saturated carbocycles. The predicted molar refractivity (Wildman–Crippen MR) is 112 cm³/mol. The third-order valence-electron chi connectivity index (χ3n) is 4.67. The standard InChI is InChI=1S/C21H21F3N4O4/c1-31-17-10-15-16(11-18(17)32-2)25-12-28(20(15)30)8-4-7-19(29)27-26-14-6-3-5-13(9-14)21(22,23)24/h3,5-6,9-12,26H,4,7-8H2,1-2H3,(H,27,29). The summed E-state index contributed by atoms with van der Waals surface area (Å²) in [5, 5.41) is 0.348. The zero-order chi connectivity index (χ0) is 23.3. The number of nitrogens with one attached hydrogen (secondary N) is 2. The Kier molecular flexibility index (Phi) is 6.86. The molecule has 0 unspecified atom stereocenters. The maximum atomic E-state index is 12.7. The SMILES string of the molecule is COc1cc2ncn(CCCC(=O)NNc3cccc(C(F)(F)F)c3)c(=O)c2cc1OC. The number of carbonyl (C=O) groups excluding carboxylic acids is 1. The van der Waals surface area contributed by atoms with Gasteiger partial charge in [0.2, 0.25) is 5.91 Å². The molecule has 170 valence electrons. The number of carbonyl (C=O) groups is 1. The molecule has 0 aliphatic rings. The number of fused-ring (bicyclic) bond motifs is 1. The molecule has 0 fully saturated rings. The van der Waals surface area contributed by atoms with Crippen LogP contribution in [0.25, 0.3) is 10.9 Å². The highest BCUT2D eigenvalue weighted by Crippen LogP contribution is 2.31. The van der Waals surface area contributed by atoms with E-state index in [1.54, 1.807) is 12.1 Å². The number of aromatic nitrogens is 2. The van der Waals surface area contributed by atoms with E-state index in [1.807, 2.05) is 0 Å². The van der Waals surface area contributed by atoms with Crippen LogP contribution in [0.15, 0.2) is 47.5 Å². The van der Waals surface area contributed by atoms with E-state index in [9.17, 15) is 22.8 Å². The summed E-state index contributed by atoms with van der Waals surface area (Å²) in [6, 6.07) is 7.62. The first-order chi connectivity index (χ1) is 15.2. The molecule has 3 aromatic rings. The molecule has 0 aliphatic heterocycles. The first-order valence-electron chi connectivity index (χ1n) is 9.56. The van der Waals surface area contributed by atoms with Crippen molar-refractivity contribution < 1.29 is 27.4 Å². The number of benzene rings is 2. The van der Waals surface area contributed by atoms with Gasteiger partial charge in [0.05, 0.1) is 42.7 Å². The maximum Gasteiger partial charge on any atom is 0.416 e. The summed E-state index contributed by atoms with van der Waals surface area (Å²) < 4.78 is 50.0. The first-order valence-corrected chi connectivity index (χ1v) is 9.56. The highest BCUT2D eigenvalue weighted by molar-refractivity contribution is 5.81. The third-order valence-corrected chi connectivity index (χ3v) is 4.67. The van der Waals surface area contributed by atoms with Crippen molar-refractivity contribution in [2.24, 2.45) is 0 Å². The zero-order valence-electron chi connectivity index (χ0n) is 17.3. The van der Waals surface area contributed by atoms with Crippen molar-refractivity contribution in [3.63, 3.8) is 0 Å². The van der Waals surface area contributed by atoms with Crippen molar-refractivity contribution in [2.75, 3.05) is 19.6 Å². The average Bonchev–Trinajstić information content (AvgIpc) is 2.78. The van der Waals surface area contributed by atoms with Crippen LogP contribution in [-0.2, 0) is 17.5 Å². The van der Waals surface area contributed by atoms with Crippen molar-refractivity contribution in [3.8, 4) is 11.5 Å². The number of ether oxygens (including phenoxy) is 2. The molecule has 32 heavy (non-hydrogen) atoms. The first kappa shape index (κ1) is 22.9. The fraction of sp³-hybridized carbons (Fsp3) is 0.286. The van der Waals surface area contributed by atoms with E-state index in [-0.39, 0.29) is 24.2 Å². The molecule has 2 aromatic carbocycles. The van der Waals surface area contributed by atoms with Crippen LogP contribution in [0.5, 0.6) is 11.5 Å². The van der Waals surface area contributed by atoms with Crippen LogP contribution in [-0.4, -0.2) is 29.7 Å². The minimum atomic E-state index is -4.47. The van der Waals surface area contributed by atoms with E-state index in [0.717, 1.165) is 12.1 Å². The third kappa shape index (κ3) is 5.29. The number of methoxy groups -OCH3 is 2. The summed E-state index contributed by atoms with van der Waals surface area (Å²) in [5.41, 5.74) is 4.24. The van der Waals surface area contributed by atoms with Gasteiger partial charge in [-0.25, -0.2) is 4.98 Å². The number of hydrogen-bond donors (Lipinski definition) is 2. The van der Waals surface area contributed by atoms with Gasteiger partial charge in [0.1, 0.15) is 0 Å². The van der Waals surface area contributed by atoms with Crippen LogP contribution >= 0.6 is 0 Å². The smallest absolute Gasteiger partial charge is 0.416 e. The molecule has 0 aliphatic carbocycles. The number of hydrazine groups is 1. The summed E-state index contributed by atoms with van der Waals surface area (Å²) in [4.78, 5) is 29.0. The molecule has 3 rings (SSSR count). The Balaban J connectivity index is 1.58. The van der Waals surface area contributed by atoms with Crippen molar-refractivity contribution >= 4 is 22.5 Å². The Hall–Kier alpha value is -3.76. The molecular formula is C21H21F3N4O4. The topological polar surface area (TPSA) is 94.5 Å². The summed E-state index contributed by atoms with van der Waals surface area (Å²) >= 11 is 0. The van der Waals surface area contributed by atoms with E-state index in [0.29, 0.717) is 28.8 Å². The summed E-state index contributed by atoms with van der Waals surface area (Å²) in [6.07, 6.45) is -2.73. The second-order valence-electron chi connectivity index (χ2n) is 6.82. The number of aryl methyl sites for hydroxylation is 1. The van der Waals surface area contributed by atoms with E-state index in [2.05, 4.69) is 15.8 Å². The second kappa shape index (κ2) is 9.58. The van der Waals surface area contributed by atoms with Crippen molar-refractivity contribution in [2.45, 2.75) is 25.6 Å². The number of alkyl halides is 3. The van der Waals surface area contributed by atoms with E-state index >= 15 is 0 Å². The van der Waals surface area contributed by atoms with Crippen molar-refractivity contribution in [1.29, 1.82) is 0 Å². The molecule has 1 heterocycles. The number of nitrogens with zero attached hydrogens (tertiary/aromatic N) is 2. The van der Waals surface area contributed by atoms with Gasteiger partial charge < -0.3 is 9.47 Å². The lowest BCUT2D eigenvalue weighted by Gasteiger charge is -2.12. The van der Waals surface area contributed by atoms with Crippen LogP contribution in [0.4, 0.5) is 18.9 Å². The highest BCUT2D eigenvalue weighted by Gasteiger charge is 2.30. The Morgan fingerprint density at radius 3 is 2.53 bits per heavy atom. The molecule has 11 heteroatoms. The maximum absolute atomic E-state index is 12.7. The lowest BCUT2D eigenvalue weighted by molar-refractivity contribution is -0.137. The van der Waals surface area contributed by atoms with Gasteiger partial charge in [0.15, 0.2) is 11.5 Å². The molecule has 0 saturated heterocycles. The molecular weight excluding hydrogens is 429 g/mol. The molecule has 2 N–H and O–H groups in total. The van der Waals surface area contributed by atoms with Crippen molar-refractivity contribution in [1.82, 2.24) is 15.0 Å². The highest BCUT2D eigenvalue weighted by atomic mass is 19.4.